The fourth-order valence-electron chi connectivity index (χ4n) is 3.28. The molecule has 0 rings (SSSR count). The number of unbranched alkanes of at least 4 members (excludes halogenated alkanes) is 9. The van der Waals surface area contributed by atoms with Gasteiger partial charge in [-0.1, -0.05) is 85.0 Å². The molecule has 0 saturated carbocycles. The summed E-state index contributed by atoms with van der Waals surface area (Å²) in [6.45, 7) is 8.41. The van der Waals surface area contributed by atoms with E-state index < -0.39 is 7.60 Å². The van der Waals surface area contributed by atoms with Crippen LogP contribution in [-0.2, 0) is 18.3 Å². The first-order valence-electron chi connectivity index (χ1n) is 12.0. The van der Waals surface area contributed by atoms with Gasteiger partial charge in [-0.25, -0.2) is 0 Å². The quantitative estimate of drug-likeness (QED) is 0.131. The molecule has 0 radical (unpaired) electrons. The van der Waals surface area contributed by atoms with E-state index in [4.69, 9.17) is 13.8 Å². The summed E-state index contributed by atoms with van der Waals surface area (Å²) < 4.78 is 30.2. The van der Waals surface area contributed by atoms with Gasteiger partial charge >= 0.3 is 7.60 Å². The Morgan fingerprint density at radius 3 is 1.93 bits per heavy atom. The van der Waals surface area contributed by atoms with Crippen molar-refractivity contribution >= 4 is 7.60 Å². The van der Waals surface area contributed by atoms with E-state index in [1.54, 1.807) is 7.11 Å². The third-order valence-corrected chi connectivity index (χ3v) is 7.26. The molecule has 0 aliphatic carbocycles. The predicted molar refractivity (Wildman–Crippen MR) is 121 cm³/mol. The van der Waals surface area contributed by atoms with Crippen LogP contribution >= 0.6 is 7.60 Å². The van der Waals surface area contributed by atoms with E-state index in [9.17, 15) is 4.57 Å². The summed E-state index contributed by atoms with van der Waals surface area (Å²) in [5, 5.41) is 0. The Hall–Kier alpha value is 0.110. The zero-order valence-corrected chi connectivity index (χ0v) is 20.3. The van der Waals surface area contributed by atoms with Gasteiger partial charge in [0.1, 0.15) is 0 Å². The second-order valence-electron chi connectivity index (χ2n) is 8.08. The van der Waals surface area contributed by atoms with Gasteiger partial charge in [0.25, 0.3) is 0 Å². The summed E-state index contributed by atoms with van der Waals surface area (Å²) in [4.78, 5) is 0. The Kier molecular flexibility index (Phi) is 20.5. The average molecular weight is 421 g/mol. The maximum Gasteiger partial charge on any atom is 0.330 e. The van der Waals surface area contributed by atoms with Crippen LogP contribution in [-0.4, -0.2) is 33.1 Å². The van der Waals surface area contributed by atoms with Crippen molar-refractivity contribution in [1.29, 1.82) is 0 Å². The van der Waals surface area contributed by atoms with Crippen molar-refractivity contribution in [2.24, 2.45) is 5.92 Å². The molecule has 0 aromatic heterocycles. The van der Waals surface area contributed by atoms with Gasteiger partial charge in [0, 0.05) is 13.7 Å². The summed E-state index contributed by atoms with van der Waals surface area (Å²) >= 11 is 0. The molecule has 0 spiro atoms. The number of ether oxygens (including phenoxy) is 1. The molecular formula is C23H49O4P. The molecule has 0 aromatic rings. The fourth-order valence-corrected chi connectivity index (χ4v) is 5.16. The van der Waals surface area contributed by atoms with Crippen molar-refractivity contribution in [3.05, 3.63) is 0 Å². The van der Waals surface area contributed by atoms with Crippen LogP contribution in [0.15, 0.2) is 0 Å². The Morgan fingerprint density at radius 1 is 0.679 bits per heavy atom. The van der Waals surface area contributed by atoms with Crippen LogP contribution in [0.3, 0.4) is 0 Å². The molecule has 4 nitrogen and oxygen atoms in total. The largest absolute Gasteiger partial charge is 0.385 e. The normalized spacial score (nSPS) is 14.9. The number of rotatable bonds is 22. The number of hydrogen-bond donors (Lipinski definition) is 0. The first-order chi connectivity index (χ1) is 13.6. The van der Waals surface area contributed by atoms with E-state index in [0.717, 1.165) is 45.1 Å². The van der Waals surface area contributed by atoms with Crippen LogP contribution in [0.2, 0.25) is 0 Å². The standard InChI is InChI=1S/C23H49O4P/c1-5-8-11-12-13-14-16-19-26-28(24,21-10-7-3)27-22-23(18-20-25-4)17-15-9-6-2/h23H,5-22H2,1-4H3. The predicted octanol–water partition coefficient (Wildman–Crippen LogP) is 8.00. The van der Waals surface area contributed by atoms with E-state index in [-0.39, 0.29) is 0 Å². The summed E-state index contributed by atoms with van der Waals surface area (Å²) in [7, 11) is -1.23. The highest BCUT2D eigenvalue weighted by Crippen LogP contribution is 2.49. The minimum Gasteiger partial charge on any atom is -0.385 e. The highest BCUT2D eigenvalue weighted by atomic mass is 31.2. The smallest absolute Gasteiger partial charge is 0.330 e. The molecule has 0 amide bonds. The Balaban J connectivity index is 4.31. The lowest BCUT2D eigenvalue weighted by molar-refractivity contribution is 0.134. The van der Waals surface area contributed by atoms with Gasteiger partial charge in [0.15, 0.2) is 0 Å². The third-order valence-electron chi connectivity index (χ3n) is 5.27. The van der Waals surface area contributed by atoms with Gasteiger partial charge in [-0.15, -0.1) is 0 Å². The minimum absolute atomic E-state index is 0.406. The molecule has 170 valence electrons. The van der Waals surface area contributed by atoms with E-state index in [0.29, 0.717) is 25.3 Å². The Morgan fingerprint density at radius 2 is 1.29 bits per heavy atom. The molecule has 0 aliphatic rings. The molecule has 2 atom stereocenters. The summed E-state index contributed by atoms with van der Waals surface area (Å²) in [6.07, 6.45) is 16.8. The average Bonchev–Trinajstić information content (AvgIpc) is 2.70. The zero-order valence-electron chi connectivity index (χ0n) is 19.4. The van der Waals surface area contributed by atoms with Crippen LogP contribution < -0.4 is 0 Å². The molecular weight excluding hydrogens is 371 g/mol. The van der Waals surface area contributed by atoms with Gasteiger partial charge in [0.2, 0.25) is 0 Å². The number of methoxy groups -OCH3 is 1. The highest BCUT2D eigenvalue weighted by molar-refractivity contribution is 7.53. The number of hydrogen-bond acceptors (Lipinski definition) is 4. The lowest BCUT2D eigenvalue weighted by Crippen LogP contribution is -2.13. The van der Waals surface area contributed by atoms with Crippen molar-refractivity contribution in [3.63, 3.8) is 0 Å². The van der Waals surface area contributed by atoms with E-state index >= 15 is 0 Å². The maximum absolute atomic E-state index is 13.2. The second-order valence-corrected chi connectivity index (χ2v) is 10.3. The molecule has 0 saturated heterocycles. The molecule has 5 heteroatoms. The van der Waals surface area contributed by atoms with Crippen molar-refractivity contribution in [3.8, 4) is 0 Å². The topological polar surface area (TPSA) is 44.8 Å². The minimum atomic E-state index is -2.97. The molecule has 0 heterocycles. The van der Waals surface area contributed by atoms with Gasteiger partial charge in [-0.2, -0.15) is 0 Å². The van der Waals surface area contributed by atoms with Crippen LogP contribution in [0.4, 0.5) is 0 Å². The van der Waals surface area contributed by atoms with Crippen molar-refractivity contribution in [1.82, 2.24) is 0 Å². The Bertz CT molecular complexity index is 363. The Labute approximate surface area is 176 Å². The molecule has 0 aliphatic heterocycles. The zero-order chi connectivity index (χ0) is 20.9. The van der Waals surface area contributed by atoms with E-state index in [1.165, 1.54) is 51.4 Å². The van der Waals surface area contributed by atoms with Gasteiger partial charge < -0.3 is 13.8 Å². The highest BCUT2D eigenvalue weighted by Gasteiger charge is 2.25. The summed E-state index contributed by atoms with van der Waals surface area (Å²) in [5.41, 5.74) is 0. The van der Waals surface area contributed by atoms with E-state index in [2.05, 4.69) is 20.8 Å². The molecule has 0 N–H and O–H groups in total. The summed E-state index contributed by atoms with van der Waals surface area (Å²) in [5.74, 6) is 0.406. The molecule has 28 heavy (non-hydrogen) atoms. The van der Waals surface area contributed by atoms with Crippen molar-refractivity contribution < 1.29 is 18.3 Å². The SMILES string of the molecule is CCCCCCCCCOP(=O)(CCCC)OCC(CCCCC)CCOC. The summed E-state index contributed by atoms with van der Waals surface area (Å²) in [6, 6.07) is 0. The van der Waals surface area contributed by atoms with Crippen LogP contribution in [0, 0.1) is 5.92 Å². The van der Waals surface area contributed by atoms with E-state index in [1.807, 2.05) is 0 Å². The first-order valence-corrected chi connectivity index (χ1v) is 13.7. The van der Waals surface area contributed by atoms with Crippen LogP contribution in [0.5, 0.6) is 0 Å². The fraction of sp³-hybridized carbons (Fsp3) is 1.00. The van der Waals surface area contributed by atoms with Gasteiger partial charge in [-0.3, -0.25) is 4.57 Å². The van der Waals surface area contributed by atoms with Gasteiger partial charge in [-0.05, 0) is 31.6 Å². The lowest BCUT2D eigenvalue weighted by atomic mass is 9.99. The van der Waals surface area contributed by atoms with Crippen LogP contribution in [0.25, 0.3) is 0 Å². The van der Waals surface area contributed by atoms with Crippen molar-refractivity contribution in [2.45, 2.75) is 111 Å². The van der Waals surface area contributed by atoms with Gasteiger partial charge in [0.05, 0.1) is 19.4 Å². The monoisotopic (exact) mass is 420 g/mol. The third kappa shape index (κ3) is 17.0. The first kappa shape index (κ1) is 28.1. The molecule has 0 fully saturated rings. The van der Waals surface area contributed by atoms with Crippen LogP contribution in [0.1, 0.15) is 111 Å². The molecule has 0 bridgehead atoms. The van der Waals surface area contributed by atoms with Crippen molar-refractivity contribution in [2.75, 3.05) is 33.1 Å². The molecule has 2 unspecified atom stereocenters. The second kappa shape index (κ2) is 20.4. The lowest BCUT2D eigenvalue weighted by Gasteiger charge is -2.22. The maximum atomic E-state index is 13.2. The molecule has 0 aromatic carbocycles.